The molecule has 1 atom stereocenters. The molecule has 2 N–H and O–H groups in total. The first-order valence-corrected chi connectivity index (χ1v) is 11.8. The molecule has 0 saturated heterocycles. The van der Waals surface area contributed by atoms with Gasteiger partial charge in [0.05, 0.1) is 5.92 Å². The molecule has 2 aromatic rings. The Hall–Kier alpha value is -2.33. The number of hydrogen-bond acceptors (Lipinski definition) is 4. The van der Waals surface area contributed by atoms with Crippen LogP contribution in [0.15, 0.2) is 85.8 Å². The standard InChI is InChI=1S/C25H23Br2N3O/c1-2-11-30-14-18(12-16-3-7-19(26)8-4-16)24-22(15-30)23(21(13-28)25(29)31-24)17-5-9-20(27)10-6-17/h3-10,12,23H,2,11,14-15,29H2,1H3/b18-12+. The molecule has 2 aliphatic heterocycles. The molecular weight excluding hydrogens is 518 g/mol. The van der Waals surface area contributed by atoms with Gasteiger partial charge in [0.15, 0.2) is 0 Å². The SMILES string of the molecule is CCCN1CC2=C(OC(N)=C(C#N)C2c2ccc(Br)cc2)/C(=C/c2ccc(Br)cc2)C1. The van der Waals surface area contributed by atoms with Crippen LogP contribution >= 0.6 is 31.9 Å². The van der Waals surface area contributed by atoms with Crippen LogP contribution in [0.1, 0.15) is 30.4 Å². The maximum absolute atomic E-state index is 9.90. The summed E-state index contributed by atoms with van der Waals surface area (Å²) in [6, 6.07) is 18.6. The van der Waals surface area contributed by atoms with Gasteiger partial charge in [-0.05, 0) is 60.0 Å². The van der Waals surface area contributed by atoms with Crippen LogP contribution in [0.5, 0.6) is 0 Å². The summed E-state index contributed by atoms with van der Waals surface area (Å²) < 4.78 is 8.15. The predicted octanol–water partition coefficient (Wildman–Crippen LogP) is 6.08. The lowest BCUT2D eigenvalue weighted by molar-refractivity contribution is 0.234. The maximum atomic E-state index is 9.90. The first kappa shape index (κ1) is 21.9. The molecular formula is C25H23Br2N3O. The number of halogens is 2. The van der Waals surface area contributed by atoms with Crippen LogP contribution < -0.4 is 5.73 Å². The third kappa shape index (κ3) is 4.64. The largest absolute Gasteiger partial charge is 0.440 e. The van der Waals surface area contributed by atoms with E-state index in [0.29, 0.717) is 5.57 Å². The molecule has 0 aromatic heterocycles. The molecule has 0 amide bonds. The van der Waals surface area contributed by atoms with Crippen molar-refractivity contribution in [3.63, 3.8) is 0 Å². The van der Waals surface area contributed by atoms with Gasteiger partial charge < -0.3 is 10.5 Å². The summed E-state index contributed by atoms with van der Waals surface area (Å²) in [7, 11) is 0. The molecule has 0 radical (unpaired) electrons. The molecule has 6 heteroatoms. The number of ether oxygens (including phenoxy) is 1. The molecule has 4 nitrogen and oxygen atoms in total. The van der Waals surface area contributed by atoms with Crippen LogP contribution in [-0.2, 0) is 4.74 Å². The maximum Gasteiger partial charge on any atom is 0.205 e. The van der Waals surface area contributed by atoms with Crippen molar-refractivity contribution in [1.82, 2.24) is 4.90 Å². The van der Waals surface area contributed by atoms with Gasteiger partial charge in [-0.25, -0.2) is 0 Å². The van der Waals surface area contributed by atoms with Gasteiger partial charge in [0, 0.05) is 27.6 Å². The van der Waals surface area contributed by atoms with E-state index >= 15 is 0 Å². The molecule has 0 bridgehead atoms. The third-order valence-corrected chi connectivity index (χ3v) is 6.62. The summed E-state index contributed by atoms with van der Waals surface area (Å²) in [6.07, 6.45) is 3.22. The second-order valence-corrected chi connectivity index (χ2v) is 9.59. The van der Waals surface area contributed by atoms with Gasteiger partial charge in [0.25, 0.3) is 0 Å². The molecule has 0 fully saturated rings. The van der Waals surface area contributed by atoms with E-state index in [2.05, 4.69) is 68.0 Å². The van der Waals surface area contributed by atoms with Gasteiger partial charge in [0.1, 0.15) is 17.4 Å². The van der Waals surface area contributed by atoms with Crippen molar-refractivity contribution in [3.8, 4) is 6.07 Å². The van der Waals surface area contributed by atoms with Crippen LogP contribution in [0.3, 0.4) is 0 Å². The number of rotatable bonds is 4. The van der Waals surface area contributed by atoms with E-state index in [0.717, 1.165) is 63.0 Å². The lowest BCUT2D eigenvalue weighted by atomic mass is 9.80. The van der Waals surface area contributed by atoms with E-state index in [1.807, 2.05) is 36.4 Å². The number of hydrogen-bond donors (Lipinski definition) is 1. The van der Waals surface area contributed by atoms with Crippen LogP contribution in [0.25, 0.3) is 6.08 Å². The number of allylic oxidation sites excluding steroid dienone is 1. The monoisotopic (exact) mass is 539 g/mol. The Bertz CT molecular complexity index is 1110. The van der Waals surface area contributed by atoms with Gasteiger partial charge in [-0.3, -0.25) is 4.90 Å². The Morgan fingerprint density at radius 2 is 1.74 bits per heavy atom. The highest BCUT2D eigenvalue weighted by molar-refractivity contribution is 9.10. The van der Waals surface area contributed by atoms with Crippen molar-refractivity contribution in [2.75, 3.05) is 19.6 Å². The second kappa shape index (κ2) is 9.44. The zero-order chi connectivity index (χ0) is 22.0. The van der Waals surface area contributed by atoms with Gasteiger partial charge in [-0.2, -0.15) is 5.26 Å². The summed E-state index contributed by atoms with van der Waals surface area (Å²) >= 11 is 7.00. The summed E-state index contributed by atoms with van der Waals surface area (Å²) in [4.78, 5) is 2.41. The number of nitrogens with zero attached hydrogens (tertiary/aromatic N) is 2. The third-order valence-electron chi connectivity index (χ3n) is 5.56. The van der Waals surface area contributed by atoms with Crippen LogP contribution in [0, 0.1) is 11.3 Å². The minimum absolute atomic E-state index is 0.194. The zero-order valence-electron chi connectivity index (χ0n) is 17.2. The minimum Gasteiger partial charge on any atom is -0.440 e. The van der Waals surface area contributed by atoms with E-state index in [9.17, 15) is 5.26 Å². The molecule has 2 aromatic carbocycles. The number of nitriles is 1. The summed E-state index contributed by atoms with van der Waals surface area (Å²) in [5.74, 6) is 0.786. The average Bonchev–Trinajstić information content (AvgIpc) is 2.76. The van der Waals surface area contributed by atoms with Crippen LogP contribution in [0.2, 0.25) is 0 Å². The van der Waals surface area contributed by atoms with Crippen molar-refractivity contribution in [2.24, 2.45) is 5.73 Å². The minimum atomic E-state index is -0.213. The van der Waals surface area contributed by atoms with E-state index in [4.69, 9.17) is 10.5 Å². The van der Waals surface area contributed by atoms with E-state index < -0.39 is 0 Å². The van der Waals surface area contributed by atoms with Gasteiger partial charge >= 0.3 is 0 Å². The first-order valence-electron chi connectivity index (χ1n) is 10.2. The second-order valence-electron chi connectivity index (χ2n) is 7.76. The molecule has 2 heterocycles. The Kier molecular flexibility index (Phi) is 6.66. The predicted molar refractivity (Wildman–Crippen MR) is 131 cm³/mol. The molecule has 0 saturated carbocycles. The Morgan fingerprint density at radius 1 is 1.10 bits per heavy atom. The van der Waals surface area contributed by atoms with Gasteiger partial charge in [-0.1, -0.05) is 63.0 Å². The average molecular weight is 541 g/mol. The molecule has 158 valence electrons. The Labute approximate surface area is 199 Å². The normalized spacial score (nSPS) is 20.5. The number of benzene rings is 2. The smallest absolute Gasteiger partial charge is 0.205 e. The Morgan fingerprint density at radius 3 is 2.35 bits per heavy atom. The van der Waals surface area contributed by atoms with Crippen molar-refractivity contribution in [2.45, 2.75) is 19.3 Å². The molecule has 1 unspecified atom stereocenters. The Balaban J connectivity index is 1.85. The molecule has 0 aliphatic carbocycles. The lowest BCUT2D eigenvalue weighted by Gasteiger charge is -2.38. The fraction of sp³-hybridized carbons (Fsp3) is 0.240. The van der Waals surface area contributed by atoms with Gasteiger partial charge in [-0.15, -0.1) is 0 Å². The van der Waals surface area contributed by atoms with Crippen molar-refractivity contribution < 1.29 is 4.74 Å². The van der Waals surface area contributed by atoms with Gasteiger partial charge in [0.2, 0.25) is 5.88 Å². The molecule has 4 rings (SSSR count). The molecule has 2 aliphatic rings. The highest BCUT2D eigenvalue weighted by Gasteiger charge is 2.37. The summed E-state index contributed by atoms with van der Waals surface area (Å²) in [5, 5.41) is 9.90. The van der Waals surface area contributed by atoms with Crippen molar-refractivity contribution in [3.05, 3.63) is 97.0 Å². The van der Waals surface area contributed by atoms with E-state index in [1.165, 1.54) is 0 Å². The van der Waals surface area contributed by atoms with E-state index in [1.54, 1.807) is 0 Å². The lowest BCUT2D eigenvalue weighted by Crippen LogP contribution is -2.38. The summed E-state index contributed by atoms with van der Waals surface area (Å²) in [6.45, 7) is 4.69. The fourth-order valence-corrected chi connectivity index (χ4v) is 4.74. The highest BCUT2D eigenvalue weighted by atomic mass is 79.9. The van der Waals surface area contributed by atoms with Crippen molar-refractivity contribution >= 4 is 37.9 Å². The van der Waals surface area contributed by atoms with E-state index in [-0.39, 0.29) is 11.8 Å². The first-order chi connectivity index (χ1) is 15.0. The quantitative estimate of drug-likeness (QED) is 0.510. The summed E-state index contributed by atoms with van der Waals surface area (Å²) in [5.41, 5.74) is 11.1. The fourth-order valence-electron chi connectivity index (χ4n) is 4.21. The number of nitrogens with two attached hydrogens (primary N) is 1. The van der Waals surface area contributed by atoms with Crippen molar-refractivity contribution in [1.29, 1.82) is 5.26 Å². The zero-order valence-corrected chi connectivity index (χ0v) is 20.4. The molecule has 31 heavy (non-hydrogen) atoms. The molecule has 0 spiro atoms. The topological polar surface area (TPSA) is 62.3 Å². The van der Waals surface area contributed by atoms with Crippen LogP contribution in [-0.4, -0.2) is 24.5 Å². The highest BCUT2D eigenvalue weighted by Crippen LogP contribution is 2.44. The van der Waals surface area contributed by atoms with Crippen LogP contribution in [0.4, 0.5) is 0 Å².